The molecule has 3 rings (SSSR count). The first-order chi connectivity index (χ1) is 15.0. The summed E-state index contributed by atoms with van der Waals surface area (Å²) < 4.78 is 59.1. The fraction of sp³-hybridized carbons (Fsp3) is 0.100. The summed E-state index contributed by atoms with van der Waals surface area (Å²) >= 11 is 5.85. The Bertz CT molecular complexity index is 1380. The monoisotopic (exact) mass is 533 g/mol. The number of nitrogens with zero attached hydrogens (tertiary/aromatic N) is 2. The number of benzene rings is 2. The minimum absolute atomic E-state index is 0. The fourth-order valence-electron chi connectivity index (χ4n) is 2.74. The molecule has 0 unspecified atom stereocenters. The molecule has 33 heavy (non-hydrogen) atoms. The van der Waals surface area contributed by atoms with Crippen molar-refractivity contribution in [2.45, 2.75) is 4.90 Å². The van der Waals surface area contributed by atoms with Crippen molar-refractivity contribution in [1.29, 1.82) is 0 Å². The predicted octanol–water partition coefficient (Wildman–Crippen LogP) is 0.689. The number of aromatic nitrogens is 1. The molecule has 0 aliphatic rings. The molecular weight excluding hydrogens is 517 g/mol. The van der Waals surface area contributed by atoms with Gasteiger partial charge in [0.05, 0.1) is 35.5 Å². The van der Waals surface area contributed by atoms with E-state index in [1.165, 1.54) is 37.4 Å². The molecular formula is C20H17ClKN3O6S2. The summed E-state index contributed by atoms with van der Waals surface area (Å²) in [5, 5.41) is 0.312. The van der Waals surface area contributed by atoms with Gasteiger partial charge in [0.15, 0.2) is 0 Å². The van der Waals surface area contributed by atoms with Crippen LogP contribution in [-0.4, -0.2) is 41.1 Å². The summed E-state index contributed by atoms with van der Waals surface area (Å²) in [6, 6.07) is 13.2. The molecule has 0 saturated carbocycles. The average molecular weight is 534 g/mol. The van der Waals surface area contributed by atoms with Gasteiger partial charge in [-0.15, -0.1) is 0 Å². The topological polar surface area (TPSA) is 134 Å². The first-order valence-corrected chi connectivity index (χ1v) is 12.6. The van der Waals surface area contributed by atoms with Crippen LogP contribution in [0, 0.1) is 0 Å². The maximum atomic E-state index is 12.6. The Balaban J connectivity index is 0.00000385. The maximum Gasteiger partial charge on any atom is 1.00 e. The average Bonchev–Trinajstić information content (AvgIpc) is 2.72. The number of methoxy groups -OCH3 is 1. The number of carbonyl (C=O) groups excluding carboxylic acids is 1. The molecule has 0 aliphatic heterocycles. The molecule has 1 heterocycles. The number of halogens is 1. The van der Waals surface area contributed by atoms with Crippen molar-refractivity contribution in [1.82, 2.24) is 4.98 Å². The molecule has 0 radical (unpaired) electrons. The maximum absolute atomic E-state index is 12.6. The van der Waals surface area contributed by atoms with Crippen molar-refractivity contribution in [3.63, 3.8) is 0 Å². The molecule has 0 fully saturated rings. The molecule has 0 bridgehead atoms. The first kappa shape index (κ1) is 27.7. The smallest absolute Gasteiger partial charge is 0.537 e. The van der Waals surface area contributed by atoms with Crippen molar-refractivity contribution in [3.8, 4) is 17.0 Å². The number of hydrogen-bond acceptors (Lipinski definition) is 7. The van der Waals surface area contributed by atoms with E-state index in [1.807, 2.05) is 0 Å². The van der Waals surface area contributed by atoms with Gasteiger partial charge in [0, 0.05) is 22.3 Å². The van der Waals surface area contributed by atoms with Crippen LogP contribution < -0.4 is 60.8 Å². The van der Waals surface area contributed by atoms with Crippen molar-refractivity contribution in [3.05, 3.63) is 76.1 Å². The first-order valence-electron chi connectivity index (χ1n) is 8.89. The molecule has 168 valence electrons. The number of para-hydroxylation sites is 1. The molecule has 9 nitrogen and oxygen atoms in total. The van der Waals surface area contributed by atoms with Crippen LogP contribution >= 0.6 is 11.6 Å². The Morgan fingerprint density at radius 3 is 2.36 bits per heavy atom. The van der Waals surface area contributed by atoms with Crippen LogP contribution in [0.15, 0.2) is 65.7 Å². The Morgan fingerprint density at radius 1 is 1.06 bits per heavy atom. The number of hydrogen-bond donors (Lipinski definition) is 1. The second-order valence-corrected chi connectivity index (χ2v) is 10.3. The van der Waals surface area contributed by atoms with Gasteiger partial charge in [-0.05, 0) is 36.4 Å². The molecule has 2 aromatic carbocycles. The summed E-state index contributed by atoms with van der Waals surface area (Å²) in [6.07, 6.45) is 2.05. The summed E-state index contributed by atoms with van der Waals surface area (Å²) in [4.78, 5) is 16.2. The second kappa shape index (κ2) is 11.3. The number of sulfonamides is 2. The van der Waals surface area contributed by atoms with Crippen molar-refractivity contribution < 1.29 is 77.8 Å². The zero-order valence-corrected chi connectivity index (χ0v) is 23.3. The number of carbonyl (C=O) groups is 1. The van der Waals surface area contributed by atoms with Gasteiger partial charge in [0.25, 0.3) is 0 Å². The molecule has 0 atom stereocenters. The quantitative estimate of drug-likeness (QED) is 0.441. The molecule has 0 spiro atoms. The zero-order chi connectivity index (χ0) is 23.5. The third-order valence-electron chi connectivity index (χ3n) is 4.13. The number of pyridine rings is 1. The van der Waals surface area contributed by atoms with Crippen LogP contribution in [0.3, 0.4) is 0 Å². The number of anilines is 1. The van der Waals surface area contributed by atoms with Crippen molar-refractivity contribution in [2.24, 2.45) is 0 Å². The van der Waals surface area contributed by atoms with Crippen LogP contribution in [0.2, 0.25) is 5.02 Å². The Labute approximate surface area is 239 Å². The SMILES string of the molecule is COc1cc(Cl)ccc1C(=O)[N-]S(=O)(=O)c1ccc(-c2ccccc2NS(C)(=O)=O)nc1.[K+]. The third kappa shape index (κ3) is 7.23. The van der Waals surface area contributed by atoms with E-state index in [9.17, 15) is 21.6 Å². The van der Waals surface area contributed by atoms with Gasteiger partial charge in [-0.25, -0.2) is 16.8 Å². The summed E-state index contributed by atoms with van der Waals surface area (Å²) in [6.45, 7) is 0. The van der Waals surface area contributed by atoms with E-state index >= 15 is 0 Å². The van der Waals surface area contributed by atoms with Crippen LogP contribution in [0.1, 0.15) is 10.4 Å². The zero-order valence-electron chi connectivity index (χ0n) is 17.8. The van der Waals surface area contributed by atoms with Gasteiger partial charge in [-0.3, -0.25) is 9.71 Å². The van der Waals surface area contributed by atoms with Crippen LogP contribution in [0.25, 0.3) is 16.0 Å². The fourth-order valence-corrected chi connectivity index (χ4v) is 4.33. The van der Waals surface area contributed by atoms with Crippen LogP contribution in [0.5, 0.6) is 5.75 Å². The van der Waals surface area contributed by atoms with E-state index in [1.54, 1.807) is 24.3 Å². The van der Waals surface area contributed by atoms with E-state index in [0.29, 0.717) is 16.3 Å². The third-order valence-corrected chi connectivity index (χ3v) is 6.20. The molecule has 1 aromatic heterocycles. The van der Waals surface area contributed by atoms with Crippen LogP contribution in [0.4, 0.5) is 5.69 Å². The van der Waals surface area contributed by atoms with Gasteiger partial charge in [-0.2, -0.15) is 0 Å². The normalized spacial score (nSPS) is 11.2. The Morgan fingerprint density at radius 2 is 1.76 bits per heavy atom. The largest absolute Gasteiger partial charge is 1.00 e. The van der Waals surface area contributed by atoms with E-state index in [0.717, 1.165) is 12.5 Å². The number of rotatable bonds is 7. The molecule has 0 aliphatic carbocycles. The molecule has 1 N–H and O–H groups in total. The van der Waals surface area contributed by atoms with Crippen molar-refractivity contribution in [2.75, 3.05) is 18.1 Å². The molecule has 3 aromatic rings. The van der Waals surface area contributed by atoms with Gasteiger partial charge >= 0.3 is 51.4 Å². The van der Waals surface area contributed by atoms with Crippen LogP contribution in [-0.2, 0) is 20.0 Å². The minimum Gasteiger partial charge on any atom is -0.537 e. The number of amides is 1. The van der Waals surface area contributed by atoms with Gasteiger partial charge in [0.2, 0.25) is 10.0 Å². The Kier molecular flexibility index (Phi) is 9.47. The van der Waals surface area contributed by atoms with E-state index in [4.69, 9.17) is 16.3 Å². The van der Waals surface area contributed by atoms with Gasteiger partial charge in [0.1, 0.15) is 15.8 Å². The second-order valence-electron chi connectivity index (χ2n) is 6.52. The summed E-state index contributed by atoms with van der Waals surface area (Å²) in [5.74, 6) is -0.935. The minimum atomic E-state index is -4.37. The number of nitrogens with one attached hydrogen (secondary N) is 1. The molecule has 13 heteroatoms. The number of ether oxygens (including phenoxy) is 1. The standard InChI is InChI=1S/C20H18ClN3O6S2.K/c1-30-19-11-13(21)7-9-16(19)20(25)24-32(28,29)14-8-10-17(22-12-14)15-5-3-4-6-18(15)23-31(2,26)27;/h3-12H,1-2H3,(H2,22,23,24,25);/q;+1/p-1. The van der Waals surface area contributed by atoms with Crippen molar-refractivity contribution >= 4 is 43.2 Å². The van der Waals surface area contributed by atoms with E-state index in [-0.39, 0.29) is 73.3 Å². The van der Waals surface area contributed by atoms with Gasteiger partial charge < -0.3 is 14.3 Å². The summed E-state index contributed by atoms with van der Waals surface area (Å²) in [7, 11) is -6.58. The van der Waals surface area contributed by atoms with Gasteiger partial charge in [-0.1, -0.05) is 29.8 Å². The molecule has 1 amide bonds. The van der Waals surface area contributed by atoms with E-state index < -0.39 is 26.0 Å². The summed E-state index contributed by atoms with van der Waals surface area (Å²) in [5.41, 5.74) is 0.987. The molecule has 0 saturated heterocycles. The predicted molar refractivity (Wildman–Crippen MR) is 121 cm³/mol. The van der Waals surface area contributed by atoms with E-state index in [2.05, 4.69) is 14.4 Å². The Hall–Kier alpha value is -1.51.